The van der Waals surface area contributed by atoms with Crippen LogP contribution in [0.3, 0.4) is 0 Å². The average Bonchev–Trinajstić information content (AvgIpc) is 2.78. The van der Waals surface area contributed by atoms with Crippen molar-refractivity contribution in [3.05, 3.63) is 94.5 Å². The zero-order chi connectivity index (χ0) is 26.2. The molecule has 1 amide bonds. The molecule has 0 aromatic heterocycles. The van der Waals surface area contributed by atoms with Crippen LogP contribution in [0.2, 0.25) is 0 Å². The number of rotatable bonds is 6. The second kappa shape index (κ2) is 12.0. The number of aryl methyl sites for hydroxylation is 3. The van der Waals surface area contributed by atoms with Gasteiger partial charge in [0.2, 0.25) is 5.91 Å². The first kappa shape index (κ1) is 27.4. The van der Waals surface area contributed by atoms with Crippen molar-refractivity contribution >= 4 is 11.9 Å². The molecule has 3 aromatic rings. The molecule has 0 aliphatic heterocycles. The molecule has 1 unspecified atom stereocenters. The Morgan fingerprint density at radius 2 is 1.43 bits per heavy atom. The van der Waals surface area contributed by atoms with Crippen molar-refractivity contribution in [2.45, 2.75) is 39.5 Å². The summed E-state index contributed by atoms with van der Waals surface area (Å²) in [5, 5.41) is 10.1. The number of carboxylic acid groups (broad SMARTS) is 1. The van der Waals surface area contributed by atoms with Gasteiger partial charge in [-0.25, -0.2) is 4.79 Å². The fraction of sp³-hybridized carbons (Fsp3) is 0.231. The number of hydrogen-bond acceptors (Lipinski definition) is 4. The monoisotopic (exact) mass is 488 g/mol. The maximum Gasteiger partial charge on any atom is 0.490 e. The molecule has 0 bridgehead atoms. The first-order chi connectivity index (χ1) is 16.4. The topological polar surface area (TPSA) is 102 Å². The number of para-hydroxylation sites is 1. The van der Waals surface area contributed by atoms with Crippen molar-refractivity contribution in [3.8, 4) is 11.5 Å². The number of aliphatic carboxylic acids is 1. The summed E-state index contributed by atoms with van der Waals surface area (Å²) in [6, 6.07) is 20.7. The summed E-state index contributed by atoms with van der Waals surface area (Å²) in [5.74, 6) is -1.39. The number of carbonyl (C=O) groups is 2. The number of amides is 1. The van der Waals surface area contributed by atoms with Gasteiger partial charge in [0.25, 0.3) is 0 Å². The third-order valence-electron chi connectivity index (χ3n) is 4.94. The van der Waals surface area contributed by atoms with Crippen molar-refractivity contribution in [1.82, 2.24) is 5.32 Å². The van der Waals surface area contributed by atoms with Crippen LogP contribution in [0.25, 0.3) is 0 Å². The highest BCUT2D eigenvalue weighted by Crippen LogP contribution is 2.23. The van der Waals surface area contributed by atoms with Gasteiger partial charge >= 0.3 is 12.1 Å². The highest BCUT2D eigenvalue weighted by atomic mass is 19.4. The van der Waals surface area contributed by atoms with Crippen molar-refractivity contribution in [2.75, 3.05) is 0 Å². The molecular formula is C26H27F3N2O4. The summed E-state index contributed by atoms with van der Waals surface area (Å²) < 4.78 is 37.5. The normalized spacial score (nSPS) is 11.6. The van der Waals surface area contributed by atoms with Gasteiger partial charge in [-0.05, 0) is 67.3 Å². The first-order valence-corrected chi connectivity index (χ1v) is 10.6. The smallest absolute Gasteiger partial charge is 0.475 e. The second-order valence-electron chi connectivity index (χ2n) is 7.87. The van der Waals surface area contributed by atoms with Gasteiger partial charge < -0.3 is 20.9 Å². The number of nitrogens with two attached hydrogens (primary N) is 1. The molecule has 0 saturated heterocycles. The quantitative estimate of drug-likeness (QED) is 0.434. The van der Waals surface area contributed by atoms with Gasteiger partial charge in [0, 0.05) is 6.54 Å². The van der Waals surface area contributed by atoms with Crippen LogP contribution in [0.1, 0.15) is 33.9 Å². The van der Waals surface area contributed by atoms with Crippen LogP contribution < -0.4 is 15.8 Å². The molecule has 0 aliphatic carbocycles. The Kier molecular flexibility index (Phi) is 9.42. The standard InChI is InChI=1S/C24H26N2O2.C2HF3O2/c1-16-13-17(2)22(18(3)14-16)23(25)24(27)26-15-19-9-11-21(12-10-19)28-20-7-5-4-6-8-20;3-2(4,5)1(6)7/h4-14,23H,15,25H2,1-3H3,(H,26,27);(H,6,7). The number of hydrogen-bond donors (Lipinski definition) is 3. The molecule has 0 spiro atoms. The molecule has 0 saturated carbocycles. The van der Waals surface area contributed by atoms with E-state index in [-0.39, 0.29) is 5.91 Å². The molecular weight excluding hydrogens is 461 g/mol. The highest BCUT2D eigenvalue weighted by Gasteiger charge is 2.38. The predicted octanol–water partition coefficient (Wildman–Crippen LogP) is 5.35. The van der Waals surface area contributed by atoms with Gasteiger partial charge in [0.1, 0.15) is 17.5 Å². The fourth-order valence-electron chi connectivity index (χ4n) is 3.41. The molecule has 4 N–H and O–H groups in total. The van der Waals surface area contributed by atoms with Gasteiger partial charge in [0.05, 0.1) is 0 Å². The van der Waals surface area contributed by atoms with Gasteiger partial charge in [-0.2, -0.15) is 13.2 Å². The molecule has 35 heavy (non-hydrogen) atoms. The summed E-state index contributed by atoms with van der Waals surface area (Å²) in [4.78, 5) is 21.4. The van der Waals surface area contributed by atoms with Crippen molar-refractivity contribution in [1.29, 1.82) is 0 Å². The number of alkyl halides is 3. The van der Waals surface area contributed by atoms with Crippen molar-refractivity contribution in [2.24, 2.45) is 5.73 Å². The largest absolute Gasteiger partial charge is 0.490 e. The molecule has 3 aromatic carbocycles. The van der Waals surface area contributed by atoms with E-state index < -0.39 is 18.2 Å². The molecule has 1 atom stereocenters. The fourth-order valence-corrected chi connectivity index (χ4v) is 3.41. The van der Waals surface area contributed by atoms with Crippen molar-refractivity contribution in [3.63, 3.8) is 0 Å². The van der Waals surface area contributed by atoms with Crippen LogP contribution in [0.4, 0.5) is 13.2 Å². The van der Waals surface area contributed by atoms with Crippen LogP contribution in [0, 0.1) is 20.8 Å². The third-order valence-corrected chi connectivity index (χ3v) is 4.94. The first-order valence-electron chi connectivity index (χ1n) is 10.6. The number of halogens is 3. The average molecular weight is 489 g/mol. The third kappa shape index (κ3) is 8.46. The lowest BCUT2D eigenvalue weighted by molar-refractivity contribution is -0.192. The lowest BCUT2D eigenvalue weighted by atomic mass is 9.94. The maximum atomic E-state index is 12.6. The van der Waals surface area contributed by atoms with Crippen LogP contribution in [0.15, 0.2) is 66.7 Å². The zero-order valence-corrected chi connectivity index (χ0v) is 19.5. The van der Waals surface area contributed by atoms with Crippen LogP contribution in [-0.2, 0) is 16.1 Å². The minimum absolute atomic E-state index is 0.181. The minimum atomic E-state index is -5.08. The highest BCUT2D eigenvalue weighted by molar-refractivity contribution is 5.83. The van der Waals surface area contributed by atoms with E-state index in [2.05, 4.69) is 17.4 Å². The molecule has 186 valence electrons. The van der Waals surface area contributed by atoms with Crippen molar-refractivity contribution < 1.29 is 32.6 Å². The van der Waals surface area contributed by atoms with E-state index in [1.54, 1.807) is 0 Å². The summed E-state index contributed by atoms with van der Waals surface area (Å²) >= 11 is 0. The summed E-state index contributed by atoms with van der Waals surface area (Å²) in [7, 11) is 0. The lowest BCUT2D eigenvalue weighted by Gasteiger charge is -2.18. The van der Waals surface area contributed by atoms with Gasteiger partial charge in [-0.1, -0.05) is 48.0 Å². The van der Waals surface area contributed by atoms with E-state index in [4.69, 9.17) is 20.4 Å². The summed E-state index contributed by atoms with van der Waals surface area (Å²) in [6.07, 6.45) is -5.08. The van der Waals surface area contributed by atoms with E-state index in [0.29, 0.717) is 6.54 Å². The van der Waals surface area contributed by atoms with Crippen LogP contribution >= 0.6 is 0 Å². The van der Waals surface area contributed by atoms with E-state index in [9.17, 15) is 18.0 Å². The van der Waals surface area contributed by atoms with Crippen LogP contribution in [0.5, 0.6) is 11.5 Å². The molecule has 0 fully saturated rings. The van der Waals surface area contributed by atoms with Gasteiger partial charge in [-0.3, -0.25) is 4.79 Å². The van der Waals surface area contributed by atoms with E-state index >= 15 is 0 Å². The summed E-state index contributed by atoms with van der Waals surface area (Å²) in [6.45, 7) is 6.45. The Morgan fingerprint density at radius 1 is 0.943 bits per heavy atom. The second-order valence-corrected chi connectivity index (χ2v) is 7.87. The molecule has 6 nitrogen and oxygen atoms in total. The number of carboxylic acids is 1. The molecule has 0 radical (unpaired) electrons. The molecule has 3 rings (SSSR count). The molecule has 0 aliphatic rings. The molecule has 0 heterocycles. The molecule has 9 heteroatoms. The summed E-state index contributed by atoms with van der Waals surface area (Å²) in [5.41, 5.74) is 11.4. The number of ether oxygens (including phenoxy) is 1. The lowest BCUT2D eigenvalue weighted by Crippen LogP contribution is -2.34. The Balaban J connectivity index is 0.000000540. The van der Waals surface area contributed by atoms with E-state index in [0.717, 1.165) is 33.8 Å². The van der Waals surface area contributed by atoms with Gasteiger partial charge in [0.15, 0.2) is 0 Å². The SMILES string of the molecule is Cc1cc(C)c(C(N)C(=O)NCc2ccc(Oc3ccccc3)cc2)c(C)c1.O=C(O)C(F)(F)F. The Bertz CT molecular complexity index is 1120. The van der Waals surface area contributed by atoms with Gasteiger partial charge in [-0.15, -0.1) is 0 Å². The Hall–Kier alpha value is -3.85. The number of benzene rings is 3. The predicted molar refractivity (Wildman–Crippen MR) is 126 cm³/mol. The number of nitrogens with one attached hydrogen (secondary N) is 1. The maximum absolute atomic E-state index is 12.6. The Labute approximate surface area is 201 Å². The van der Waals surface area contributed by atoms with E-state index in [1.807, 2.05) is 75.4 Å². The Morgan fingerprint density at radius 3 is 1.91 bits per heavy atom. The van der Waals surface area contributed by atoms with Crippen LogP contribution in [-0.4, -0.2) is 23.2 Å². The van der Waals surface area contributed by atoms with E-state index in [1.165, 1.54) is 5.56 Å². The minimum Gasteiger partial charge on any atom is -0.475 e. The zero-order valence-electron chi connectivity index (χ0n) is 19.5. The number of carbonyl (C=O) groups excluding carboxylic acids is 1.